The molecule has 7 nitrogen and oxygen atoms in total. The number of hydrogen-bond acceptors (Lipinski definition) is 5. The second-order valence-electron chi connectivity index (χ2n) is 7.91. The molecule has 3 aromatic rings. The number of hydrogen-bond donors (Lipinski definition) is 1. The molecular formula is C23H27FN4O3S2. The number of benzene rings is 2. The van der Waals surface area contributed by atoms with Gasteiger partial charge in [0.1, 0.15) is 5.82 Å². The summed E-state index contributed by atoms with van der Waals surface area (Å²) in [5, 5.41) is 3.36. The summed E-state index contributed by atoms with van der Waals surface area (Å²) < 4.78 is 43.3. The number of nitrogens with zero attached hydrogens (tertiary/aromatic N) is 3. The van der Waals surface area contributed by atoms with Crippen LogP contribution in [0.3, 0.4) is 0 Å². The Balaban J connectivity index is 1.47. The number of carbonyl (C=O) groups excluding carboxylic acids is 1. The highest BCUT2D eigenvalue weighted by molar-refractivity contribution is 7.99. The standard InChI is InChI=1S/C23H27FN4O3S2/c1-2-28-21-11-10-18(33(30,31)27-12-6-3-7-13-27)14-20(21)26-23(28)32-16-22(29)25-15-17-8-4-5-9-19(17)24/h4-5,8-11,14H,2-3,6-7,12-13,15-16H2,1H3,(H,25,29). The maximum absolute atomic E-state index is 13.7. The summed E-state index contributed by atoms with van der Waals surface area (Å²) in [5.41, 5.74) is 1.84. The molecule has 1 aliphatic heterocycles. The summed E-state index contributed by atoms with van der Waals surface area (Å²) in [5.74, 6) is -0.462. The van der Waals surface area contributed by atoms with Crippen molar-refractivity contribution in [3.8, 4) is 0 Å². The lowest BCUT2D eigenvalue weighted by molar-refractivity contribution is -0.118. The summed E-state index contributed by atoms with van der Waals surface area (Å²) in [6.45, 7) is 3.82. The number of imidazole rings is 1. The van der Waals surface area contributed by atoms with Crippen LogP contribution in [0, 0.1) is 5.82 Å². The van der Waals surface area contributed by atoms with Crippen molar-refractivity contribution >= 4 is 38.7 Å². The maximum atomic E-state index is 13.7. The number of halogens is 1. The van der Waals surface area contributed by atoms with Gasteiger partial charge in [-0.05, 0) is 44.0 Å². The maximum Gasteiger partial charge on any atom is 0.243 e. The fraction of sp³-hybridized carbons (Fsp3) is 0.391. The number of aromatic nitrogens is 2. The summed E-state index contributed by atoms with van der Waals surface area (Å²) in [6.07, 6.45) is 2.82. The number of nitrogens with one attached hydrogen (secondary N) is 1. The zero-order valence-corrected chi connectivity index (χ0v) is 20.1. The minimum atomic E-state index is -3.54. The van der Waals surface area contributed by atoms with Crippen molar-refractivity contribution in [3.05, 3.63) is 53.8 Å². The number of rotatable bonds is 8. The average molecular weight is 491 g/mol. The third-order valence-electron chi connectivity index (χ3n) is 5.72. The fourth-order valence-electron chi connectivity index (χ4n) is 3.93. The van der Waals surface area contributed by atoms with E-state index in [2.05, 4.69) is 10.3 Å². The molecular weight excluding hydrogens is 463 g/mol. The zero-order valence-electron chi connectivity index (χ0n) is 18.5. The molecule has 1 saturated heterocycles. The van der Waals surface area contributed by atoms with E-state index in [0.29, 0.717) is 35.9 Å². The Bertz CT molecular complexity index is 1250. The quantitative estimate of drug-likeness (QED) is 0.486. The van der Waals surface area contributed by atoms with Crippen LogP contribution >= 0.6 is 11.8 Å². The van der Waals surface area contributed by atoms with E-state index in [4.69, 9.17) is 0 Å². The van der Waals surface area contributed by atoms with Gasteiger partial charge >= 0.3 is 0 Å². The van der Waals surface area contributed by atoms with Gasteiger partial charge in [0.05, 0.1) is 21.7 Å². The van der Waals surface area contributed by atoms with Crippen molar-refractivity contribution in [2.24, 2.45) is 0 Å². The van der Waals surface area contributed by atoms with Gasteiger partial charge in [0.25, 0.3) is 0 Å². The van der Waals surface area contributed by atoms with E-state index < -0.39 is 10.0 Å². The van der Waals surface area contributed by atoms with E-state index in [-0.39, 0.29) is 28.9 Å². The molecule has 10 heteroatoms. The minimum absolute atomic E-state index is 0.119. The lowest BCUT2D eigenvalue weighted by Gasteiger charge is -2.25. The van der Waals surface area contributed by atoms with Gasteiger partial charge in [-0.15, -0.1) is 0 Å². The zero-order chi connectivity index (χ0) is 23.4. The summed E-state index contributed by atoms with van der Waals surface area (Å²) >= 11 is 1.27. The first-order valence-corrected chi connectivity index (χ1v) is 13.5. The number of aryl methyl sites for hydroxylation is 1. The van der Waals surface area contributed by atoms with Crippen molar-refractivity contribution in [3.63, 3.8) is 0 Å². The predicted molar refractivity (Wildman–Crippen MR) is 127 cm³/mol. The second kappa shape index (κ2) is 10.2. The monoisotopic (exact) mass is 490 g/mol. The van der Waals surface area contributed by atoms with Gasteiger partial charge in [0, 0.05) is 31.7 Å². The van der Waals surface area contributed by atoms with Crippen LogP contribution in [0.5, 0.6) is 0 Å². The Morgan fingerprint density at radius 1 is 1.15 bits per heavy atom. The molecule has 0 bridgehead atoms. The van der Waals surface area contributed by atoms with Crippen LogP contribution in [0.4, 0.5) is 4.39 Å². The Labute approximate surface area is 197 Å². The van der Waals surface area contributed by atoms with Crippen LogP contribution in [-0.4, -0.2) is 47.0 Å². The van der Waals surface area contributed by atoms with Crippen LogP contribution in [0.1, 0.15) is 31.7 Å². The Kier molecular flexibility index (Phi) is 7.35. The minimum Gasteiger partial charge on any atom is -0.351 e. The first-order chi connectivity index (χ1) is 15.9. The normalized spacial score (nSPS) is 15.1. The summed E-state index contributed by atoms with van der Waals surface area (Å²) in [7, 11) is -3.54. The molecule has 1 fully saturated rings. The second-order valence-corrected chi connectivity index (χ2v) is 10.8. The van der Waals surface area contributed by atoms with E-state index in [0.717, 1.165) is 24.8 Å². The average Bonchev–Trinajstić information content (AvgIpc) is 3.19. The molecule has 0 spiro atoms. The van der Waals surface area contributed by atoms with E-state index in [1.165, 1.54) is 17.8 Å². The lowest BCUT2D eigenvalue weighted by Crippen LogP contribution is -2.35. The fourth-order valence-corrected chi connectivity index (χ4v) is 6.38. The molecule has 2 heterocycles. The third-order valence-corrected chi connectivity index (χ3v) is 8.59. The van der Waals surface area contributed by atoms with Crippen molar-refractivity contribution in [1.82, 2.24) is 19.2 Å². The molecule has 1 aliphatic rings. The van der Waals surface area contributed by atoms with Crippen LogP contribution in [0.2, 0.25) is 0 Å². The van der Waals surface area contributed by atoms with Gasteiger partial charge in [0.2, 0.25) is 15.9 Å². The molecule has 176 valence electrons. The number of sulfonamides is 1. The molecule has 2 aromatic carbocycles. The Morgan fingerprint density at radius 2 is 1.91 bits per heavy atom. The number of amides is 1. The highest BCUT2D eigenvalue weighted by Gasteiger charge is 2.26. The first kappa shape index (κ1) is 23.7. The third kappa shape index (κ3) is 5.23. The highest BCUT2D eigenvalue weighted by atomic mass is 32.2. The molecule has 0 aliphatic carbocycles. The van der Waals surface area contributed by atoms with Crippen molar-refractivity contribution < 1.29 is 17.6 Å². The van der Waals surface area contributed by atoms with E-state index in [9.17, 15) is 17.6 Å². The van der Waals surface area contributed by atoms with Crippen LogP contribution < -0.4 is 5.32 Å². The predicted octanol–water partition coefficient (Wildman–Crippen LogP) is 3.78. The largest absolute Gasteiger partial charge is 0.351 e. The van der Waals surface area contributed by atoms with Crippen LogP contribution in [0.25, 0.3) is 11.0 Å². The van der Waals surface area contributed by atoms with E-state index in [1.54, 1.807) is 40.7 Å². The molecule has 0 atom stereocenters. The van der Waals surface area contributed by atoms with Gasteiger partial charge in [-0.1, -0.05) is 36.4 Å². The number of carbonyl (C=O) groups is 1. The van der Waals surface area contributed by atoms with Gasteiger partial charge in [-0.3, -0.25) is 4.79 Å². The summed E-state index contributed by atoms with van der Waals surface area (Å²) in [6, 6.07) is 11.4. The molecule has 1 aromatic heterocycles. The number of piperidine rings is 1. The molecule has 1 N–H and O–H groups in total. The molecule has 0 unspecified atom stereocenters. The van der Waals surface area contributed by atoms with Crippen LogP contribution in [0.15, 0.2) is 52.5 Å². The number of fused-ring (bicyclic) bond motifs is 1. The smallest absolute Gasteiger partial charge is 0.243 e. The van der Waals surface area contributed by atoms with Crippen molar-refractivity contribution in [2.45, 2.75) is 49.3 Å². The van der Waals surface area contributed by atoms with Crippen LogP contribution in [-0.2, 0) is 27.9 Å². The van der Waals surface area contributed by atoms with Gasteiger partial charge < -0.3 is 9.88 Å². The molecule has 33 heavy (non-hydrogen) atoms. The molecule has 4 rings (SSSR count). The Morgan fingerprint density at radius 3 is 2.64 bits per heavy atom. The van der Waals surface area contributed by atoms with Crippen molar-refractivity contribution in [1.29, 1.82) is 0 Å². The van der Waals surface area contributed by atoms with E-state index >= 15 is 0 Å². The van der Waals surface area contributed by atoms with E-state index in [1.807, 2.05) is 11.5 Å². The van der Waals surface area contributed by atoms with Crippen molar-refractivity contribution in [2.75, 3.05) is 18.8 Å². The van der Waals surface area contributed by atoms with Gasteiger partial charge in [0.15, 0.2) is 5.16 Å². The van der Waals surface area contributed by atoms with Gasteiger partial charge in [-0.2, -0.15) is 4.31 Å². The first-order valence-electron chi connectivity index (χ1n) is 11.0. The number of thioether (sulfide) groups is 1. The lowest BCUT2D eigenvalue weighted by atomic mass is 10.2. The SMILES string of the molecule is CCn1c(SCC(=O)NCc2ccccc2F)nc2cc(S(=O)(=O)N3CCCCC3)ccc21. The Hall–Kier alpha value is -2.43. The summed E-state index contributed by atoms with van der Waals surface area (Å²) in [4.78, 5) is 17.2. The molecule has 0 saturated carbocycles. The topological polar surface area (TPSA) is 84.3 Å². The molecule has 1 amide bonds. The highest BCUT2D eigenvalue weighted by Crippen LogP contribution is 2.28. The molecule has 0 radical (unpaired) electrons. The van der Waals surface area contributed by atoms with Gasteiger partial charge in [-0.25, -0.2) is 17.8 Å².